The predicted octanol–water partition coefficient (Wildman–Crippen LogP) is 8.87. The van der Waals surface area contributed by atoms with Crippen molar-refractivity contribution in [3.8, 4) is 0 Å². The Morgan fingerprint density at radius 3 is 0.968 bits per heavy atom. The maximum absolute atomic E-state index is 11.9. The number of carbonyl (C=O) groups is 12. The van der Waals surface area contributed by atoms with Crippen molar-refractivity contribution < 1.29 is 72.9 Å². The lowest BCUT2D eigenvalue weighted by Gasteiger charge is -2.24. The van der Waals surface area contributed by atoms with E-state index in [9.17, 15) is 57.5 Å². The maximum Gasteiger partial charge on any atom is 0.327 e. The number of nitrogens with two attached hydrogens (primary N) is 5. The zero-order valence-electron chi connectivity index (χ0n) is 63.6. The van der Waals surface area contributed by atoms with Gasteiger partial charge in [-0.15, -0.1) is 0 Å². The number of amides is 3. The minimum absolute atomic E-state index is 0.00612. The van der Waals surface area contributed by atoms with Gasteiger partial charge in [-0.2, -0.15) is 60.5 Å². The number of carbonyl (C=O) groups excluding carboxylic acids is 9. The predicted molar refractivity (Wildman–Crippen MR) is 403 cm³/mol. The first-order valence-corrected chi connectivity index (χ1v) is 36.2. The molecule has 95 heavy (non-hydrogen) atoms. The molecular formula is C67H134N8O15S5. The second-order valence-corrected chi connectivity index (χ2v) is 35.9. The Kier molecular flexibility index (Phi) is 58.2. The molecule has 3 amide bonds. The van der Waals surface area contributed by atoms with Gasteiger partial charge < -0.3 is 59.9 Å². The lowest BCUT2D eigenvalue weighted by atomic mass is 9.85. The van der Waals surface area contributed by atoms with Crippen molar-refractivity contribution in [3.63, 3.8) is 0 Å². The molecule has 0 saturated heterocycles. The van der Waals surface area contributed by atoms with Crippen LogP contribution < -0.4 is 44.6 Å². The minimum atomic E-state index is -1.05. The summed E-state index contributed by atoms with van der Waals surface area (Å²) in [5, 5.41) is 33.4. The van der Waals surface area contributed by atoms with Gasteiger partial charge >= 0.3 is 17.9 Å². The number of thioether (sulfide) groups is 3. The topological polar surface area (TPSA) is 432 Å². The number of ketones is 6. The highest BCUT2D eigenvalue weighted by atomic mass is 32.2. The van der Waals surface area contributed by atoms with Gasteiger partial charge in [0.25, 0.3) is 0 Å². The first-order valence-electron chi connectivity index (χ1n) is 31.6. The van der Waals surface area contributed by atoms with Gasteiger partial charge in [0.15, 0.2) is 28.9 Å². The highest BCUT2D eigenvalue weighted by Crippen LogP contribution is 2.25. The third-order valence-corrected chi connectivity index (χ3v) is 16.0. The summed E-state index contributed by atoms with van der Waals surface area (Å²) in [5.41, 5.74) is 24.8. The van der Waals surface area contributed by atoms with Gasteiger partial charge in [0, 0.05) is 92.2 Å². The summed E-state index contributed by atoms with van der Waals surface area (Å²) >= 11 is 12.8. The fraction of sp³-hybridized carbons (Fsp3) is 0.821. The molecular weight excluding hydrogens is 1320 g/mol. The number of nitrogens with one attached hydrogen (secondary N) is 3. The van der Waals surface area contributed by atoms with Gasteiger partial charge in [0.1, 0.15) is 23.9 Å². The van der Waals surface area contributed by atoms with Gasteiger partial charge in [-0.3, -0.25) is 52.7 Å². The first kappa shape index (κ1) is 107. The van der Waals surface area contributed by atoms with E-state index in [0.29, 0.717) is 23.0 Å². The largest absolute Gasteiger partial charge is 0.480 e. The highest BCUT2D eigenvalue weighted by Gasteiger charge is 2.32. The molecule has 7 atom stereocenters. The standard InChI is InChI=1S/C11H21NO2.C9H17NO3S.C9H17NO3.C9H17NO2S.C9H19NOS.C7H15NO2S.C7H15NOS.C6H13NO/c1-6-7-9(12-8(2)13)10(14)11(3,4)5;1-6(11)10-7(8(12)13)5-14-9(2,3)4;1-9(2,3)7(11)5-4-6(10)8(12)13;1-6(11)10-7(5-13)8(12)9(2,3)4;1-9(2,3)8(11)7(10)5-6-12-4;1-7(2,3)11-4-5(8)6(9)10;1-7(2,3)6(9)5(8)4-10;1-6(2,3)5(8)4-7/h9H,6-7H2,1-5H3,(H,12,13);7H,5H2,1-4H3,(H,10,11)(H,12,13);6H,4-5,10H2,1-3H3,(H,12,13);7,13H,5H2,1-4H3,(H,10,11);7H,5-6,10H2,1-4H3;5H,4,8H2,1-3H3,(H,9,10);5,10H,4,8H2,1-3H3;4,7H2,1-3H3. The molecule has 0 saturated carbocycles. The Labute approximate surface area is 596 Å². The van der Waals surface area contributed by atoms with Crippen molar-refractivity contribution in [1.82, 2.24) is 16.0 Å². The van der Waals surface area contributed by atoms with Gasteiger partial charge in [-0.25, -0.2) is 4.79 Å². The molecule has 0 bridgehead atoms. The van der Waals surface area contributed by atoms with E-state index >= 15 is 0 Å². The van der Waals surface area contributed by atoms with Crippen molar-refractivity contribution in [2.24, 2.45) is 61.2 Å². The van der Waals surface area contributed by atoms with Gasteiger partial charge in [0.2, 0.25) is 17.7 Å². The summed E-state index contributed by atoms with van der Waals surface area (Å²) in [6.45, 7) is 51.9. The van der Waals surface area contributed by atoms with E-state index in [1.807, 2.05) is 179 Å². The Morgan fingerprint density at radius 1 is 0.400 bits per heavy atom. The molecule has 0 aliphatic carbocycles. The van der Waals surface area contributed by atoms with Crippen LogP contribution in [-0.4, -0.2) is 179 Å². The highest BCUT2D eigenvalue weighted by molar-refractivity contribution is 8.00. The quantitative estimate of drug-likeness (QED) is 0.0379. The van der Waals surface area contributed by atoms with Crippen LogP contribution in [0.4, 0.5) is 0 Å². The molecule has 0 aromatic carbocycles. The monoisotopic (exact) mass is 1450 g/mol. The van der Waals surface area contributed by atoms with E-state index in [1.165, 1.54) is 32.5 Å². The molecule has 0 aliphatic heterocycles. The molecule has 0 aliphatic rings. The van der Waals surface area contributed by atoms with Crippen LogP contribution in [0.5, 0.6) is 0 Å². The van der Waals surface area contributed by atoms with Crippen LogP contribution in [0.25, 0.3) is 0 Å². The van der Waals surface area contributed by atoms with Crippen molar-refractivity contribution >= 4 is 131 Å². The lowest BCUT2D eigenvalue weighted by molar-refractivity contribution is -0.141. The van der Waals surface area contributed by atoms with Crippen LogP contribution in [0.1, 0.15) is 226 Å². The molecule has 0 spiro atoms. The van der Waals surface area contributed by atoms with Gasteiger partial charge in [-0.1, -0.05) is 180 Å². The summed E-state index contributed by atoms with van der Waals surface area (Å²) in [7, 11) is 0. The lowest BCUT2D eigenvalue weighted by Crippen LogP contribution is -2.46. The average Bonchev–Trinajstić information content (AvgIpc) is 0.917. The first-order chi connectivity index (χ1) is 42.1. The van der Waals surface area contributed by atoms with Crippen LogP contribution in [0.2, 0.25) is 0 Å². The van der Waals surface area contributed by atoms with Crippen LogP contribution in [0, 0.1) is 32.5 Å². The van der Waals surface area contributed by atoms with Gasteiger partial charge in [-0.05, 0) is 31.3 Å². The number of Topliss-reactive ketones (excluding diaryl/α,β-unsaturated/α-hetero) is 6. The number of thiol groups is 2. The van der Waals surface area contributed by atoms with Crippen molar-refractivity contribution in [1.29, 1.82) is 0 Å². The van der Waals surface area contributed by atoms with Crippen LogP contribution >= 0.6 is 60.5 Å². The average molecular weight is 1450 g/mol. The van der Waals surface area contributed by atoms with E-state index in [-0.39, 0.29) is 115 Å². The molecule has 0 fully saturated rings. The van der Waals surface area contributed by atoms with E-state index in [2.05, 4.69) is 41.2 Å². The fourth-order valence-corrected chi connectivity index (χ4v) is 8.74. The van der Waals surface area contributed by atoms with Crippen LogP contribution in [0.3, 0.4) is 0 Å². The molecule has 0 aromatic rings. The van der Waals surface area contributed by atoms with Crippen molar-refractivity contribution in [2.75, 3.05) is 41.6 Å². The molecule has 0 aromatic heterocycles. The molecule has 562 valence electrons. The molecule has 0 heterocycles. The second-order valence-electron chi connectivity index (χ2n) is 30.5. The van der Waals surface area contributed by atoms with Gasteiger partial charge in [0.05, 0.1) is 30.7 Å². The number of aliphatic carboxylic acids is 3. The van der Waals surface area contributed by atoms with E-state index < -0.39 is 58.9 Å². The normalized spacial score (nSPS) is 13.8. The number of carboxylic acid groups (broad SMARTS) is 3. The van der Waals surface area contributed by atoms with Crippen LogP contribution in [-0.2, 0) is 57.5 Å². The summed E-state index contributed by atoms with van der Waals surface area (Å²) in [6, 6.07) is -3.94. The smallest absolute Gasteiger partial charge is 0.327 e. The summed E-state index contributed by atoms with van der Waals surface area (Å²) in [4.78, 5) is 132. The van der Waals surface area contributed by atoms with Crippen molar-refractivity contribution in [2.45, 2.75) is 278 Å². The molecule has 0 radical (unpaired) electrons. The Balaban J connectivity index is -0.000000152. The number of rotatable bonds is 25. The molecule has 0 rings (SSSR count). The third-order valence-electron chi connectivity index (χ3n) is 11.8. The number of hydrogen-bond acceptors (Lipinski definition) is 22. The SMILES string of the molecule is CC(=O)NC(CS)C(=O)C(C)(C)C.CC(=O)NC(CSC(C)(C)C)C(=O)O.CC(C)(C)C(=O)C(N)CS.CC(C)(C)C(=O)CCC(N)C(=O)O.CC(C)(C)C(=O)CN.CC(C)(C)SCC(N)C(=O)O.CCCC(NC(C)=O)C(=O)C(C)(C)C.CSCCC(N)C(=O)C(C)(C)C. The third kappa shape index (κ3) is 67.4. The zero-order chi connectivity index (χ0) is 78.0. The summed E-state index contributed by atoms with van der Waals surface area (Å²) in [5.74, 6) is -0.524. The maximum atomic E-state index is 11.9. The number of hydrogen-bond donors (Lipinski definition) is 13. The van der Waals surface area contributed by atoms with E-state index in [4.69, 9.17) is 44.0 Å². The number of carboxylic acids is 3. The minimum Gasteiger partial charge on any atom is -0.480 e. The summed E-state index contributed by atoms with van der Waals surface area (Å²) < 4.78 is 0.0965. The van der Waals surface area contributed by atoms with Crippen LogP contribution in [0.15, 0.2) is 0 Å². The second kappa shape index (κ2) is 51.5. The molecule has 7 unspecified atom stereocenters. The summed E-state index contributed by atoms with van der Waals surface area (Å²) in [6.07, 6.45) is 4.87. The Hall–Kier alpha value is -3.61. The Morgan fingerprint density at radius 2 is 0.726 bits per heavy atom. The van der Waals surface area contributed by atoms with E-state index in [0.717, 1.165) is 25.0 Å². The fourth-order valence-electron chi connectivity index (χ4n) is 6.11. The molecule has 23 nitrogen and oxygen atoms in total. The van der Waals surface area contributed by atoms with Crippen molar-refractivity contribution in [3.05, 3.63) is 0 Å². The Bertz CT molecular complexity index is 2310. The molecule has 16 N–H and O–H groups in total. The molecule has 28 heteroatoms. The van der Waals surface area contributed by atoms with E-state index in [1.54, 1.807) is 23.5 Å². The zero-order valence-corrected chi connectivity index (χ0v) is 67.8.